The molecule has 0 bridgehead atoms. The molecule has 4 nitrogen and oxygen atoms in total. The Kier molecular flexibility index (Phi) is 4.81. The van der Waals surface area contributed by atoms with Gasteiger partial charge in [-0.2, -0.15) is 0 Å². The first-order valence-corrected chi connectivity index (χ1v) is 3.10. The van der Waals surface area contributed by atoms with Crippen molar-refractivity contribution in [1.82, 2.24) is 0 Å². The molecule has 0 spiro atoms. The number of hydrogen-bond donors (Lipinski definition) is 1. The topological polar surface area (TPSA) is 63.6 Å². The standard InChI is InChI=1S/C7H10O4/c1-11-7(10)5-3-2-4-6(8)9/h2-3H,4-5H2,1H3,(H,8,9). The molecule has 4 heteroatoms. The van der Waals surface area contributed by atoms with Crippen LogP contribution in [0.5, 0.6) is 0 Å². The van der Waals surface area contributed by atoms with Crippen molar-refractivity contribution < 1.29 is 19.4 Å². The minimum Gasteiger partial charge on any atom is -0.481 e. The van der Waals surface area contributed by atoms with E-state index in [2.05, 4.69) is 4.74 Å². The molecule has 0 amide bonds. The molecule has 0 aromatic heterocycles. The predicted octanol–water partition coefficient (Wildman–Crippen LogP) is 0.580. The number of ether oxygens (including phenoxy) is 1. The number of aliphatic carboxylic acids is 1. The molecule has 0 aliphatic rings. The van der Waals surface area contributed by atoms with E-state index in [1.165, 1.54) is 19.3 Å². The zero-order valence-electron chi connectivity index (χ0n) is 6.24. The first kappa shape index (κ1) is 9.68. The summed E-state index contributed by atoms with van der Waals surface area (Å²) < 4.78 is 4.32. The lowest BCUT2D eigenvalue weighted by atomic mass is 10.3. The van der Waals surface area contributed by atoms with E-state index in [0.717, 1.165) is 0 Å². The molecular weight excluding hydrogens is 148 g/mol. The molecule has 0 aromatic rings. The van der Waals surface area contributed by atoms with Gasteiger partial charge in [-0.05, 0) is 0 Å². The van der Waals surface area contributed by atoms with Crippen molar-refractivity contribution in [2.75, 3.05) is 7.11 Å². The Labute approximate surface area is 64.5 Å². The predicted molar refractivity (Wildman–Crippen MR) is 38.0 cm³/mol. The molecule has 0 rings (SSSR count). The Bertz CT molecular complexity index is 171. The third kappa shape index (κ3) is 6.57. The van der Waals surface area contributed by atoms with Gasteiger partial charge in [-0.1, -0.05) is 12.2 Å². The van der Waals surface area contributed by atoms with E-state index >= 15 is 0 Å². The lowest BCUT2D eigenvalue weighted by Gasteiger charge is -1.90. The third-order valence-corrected chi connectivity index (χ3v) is 0.971. The Balaban J connectivity index is 3.44. The normalized spacial score (nSPS) is 9.91. The van der Waals surface area contributed by atoms with Crippen LogP contribution >= 0.6 is 0 Å². The second-order valence-corrected chi connectivity index (χ2v) is 1.85. The van der Waals surface area contributed by atoms with Crippen molar-refractivity contribution in [3.8, 4) is 0 Å². The van der Waals surface area contributed by atoms with Gasteiger partial charge in [0.15, 0.2) is 0 Å². The highest BCUT2D eigenvalue weighted by atomic mass is 16.5. The summed E-state index contributed by atoms with van der Waals surface area (Å²) in [6, 6.07) is 0. The van der Waals surface area contributed by atoms with Crippen LogP contribution in [0.2, 0.25) is 0 Å². The molecule has 0 aliphatic carbocycles. The van der Waals surface area contributed by atoms with Crippen molar-refractivity contribution in [2.24, 2.45) is 0 Å². The quantitative estimate of drug-likeness (QED) is 0.480. The lowest BCUT2D eigenvalue weighted by molar-refractivity contribution is -0.140. The van der Waals surface area contributed by atoms with Crippen molar-refractivity contribution in [2.45, 2.75) is 12.8 Å². The first-order chi connectivity index (χ1) is 5.16. The number of carbonyl (C=O) groups is 2. The number of hydrogen-bond acceptors (Lipinski definition) is 3. The maximum Gasteiger partial charge on any atom is 0.309 e. The number of carbonyl (C=O) groups excluding carboxylic acids is 1. The average Bonchev–Trinajstić information content (AvgIpc) is 1.97. The number of carboxylic acid groups (broad SMARTS) is 1. The Morgan fingerprint density at radius 3 is 2.36 bits per heavy atom. The summed E-state index contributed by atoms with van der Waals surface area (Å²) in [5, 5.41) is 8.17. The molecule has 11 heavy (non-hydrogen) atoms. The van der Waals surface area contributed by atoms with Crippen LogP contribution in [-0.2, 0) is 14.3 Å². The first-order valence-electron chi connectivity index (χ1n) is 3.10. The number of esters is 1. The van der Waals surface area contributed by atoms with Gasteiger partial charge >= 0.3 is 11.9 Å². The second kappa shape index (κ2) is 5.46. The Hall–Kier alpha value is -1.32. The summed E-state index contributed by atoms with van der Waals surface area (Å²) in [7, 11) is 1.29. The monoisotopic (exact) mass is 158 g/mol. The van der Waals surface area contributed by atoms with Gasteiger partial charge in [-0.3, -0.25) is 9.59 Å². The van der Waals surface area contributed by atoms with E-state index in [1.54, 1.807) is 0 Å². The lowest BCUT2D eigenvalue weighted by Crippen LogP contribution is -1.97. The van der Waals surface area contributed by atoms with Crippen LogP contribution in [0, 0.1) is 0 Å². The van der Waals surface area contributed by atoms with Crippen molar-refractivity contribution in [3.63, 3.8) is 0 Å². The van der Waals surface area contributed by atoms with Crippen LogP contribution in [-0.4, -0.2) is 24.2 Å². The molecule has 0 unspecified atom stereocenters. The largest absolute Gasteiger partial charge is 0.481 e. The van der Waals surface area contributed by atoms with Crippen molar-refractivity contribution >= 4 is 11.9 Å². The second-order valence-electron chi connectivity index (χ2n) is 1.85. The van der Waals surface area contributed by atoms with E-state index in [4.69, 9.17) is 5.11 Å². The van der Waals surface area contributed by atoms with Crippen molar-refractivity contribution in [1.29, 1.82) is 0 Å². The maximum atomic E-state index is 10.4. The highest BCUT2D eigenvalue weighted by Crippen LogP contribution is 1.89. The summed E-state index contributed by atoms with van der Waals surface area (Å²) in [4.78, 5) is 20.4. The zero-order chi connectivity index (χ0) is 8.69. The molecular formula is C7H10O4. The van der Waals surface area contributed by atoms with E-state index in [1.807, 2.05) is 0 Å². The molecule has 0 atom stereocenters. The summed E-state index contributed by atoms with van der Waals surface area (Å²) in [6.07, 6.45) is 2.96. The van der Waals surface area contributed by atoms with Gasteiger partial charge in [0, 0.05) is 0 Å². The molecule has 0 heterocycles. The van der Waals surface area contributed by atoms with Gasteiger partial charge in [-0.15, -0.1) is 0 Å². The average molecular weight is 158 g/mol. The minimum absolute atomic E-state index is 0.0585. The molecule has 0 aliphatic heterocycles. The highest BCUT2D eigenvalue weighted by Gasteiger charge is 1.94. The fraction of sp³-hybridized carbons (Fsp3) is 0.429. The smallest absolute Gasteiger partial charge is 0.309 e. The van der Waals surface area contributed by atoms with Crippen molar-refractivity contribution in [3.05, 3.63) is 12.2 Å². The SMILES string of the molecule is COC(=O)CC=CCC(=O)O. The fourth-order valence-corrected chi connectivity index (χ4v) is 0.447. The molecule has 0 radical (unpaired) electrons. The molecule has 62 valence electrons. The van der Waals surface area contributed by atoms with Crippen LogP contribution in [0.15, 0.2) is 12.2 Å². The van der Waals surface area contributed by atoms with Gasteiger partial charge < -0.3 is 9.84 Å². The Morgan fingerprint density at radius 2 is 1.91 bits per heavy atom. The van der Waals surface area contributed by atoms with Crippen LogP contribution in [0.3, 0.4) is 0 Å². The molecule has 0 saturated heterocycles. The van der Waals surface area contributed by atoms with Crippen LogP contribution < -0.4 is 0 Å². The maximum absolute atomic E-state index is 10.4. The molecule has 1 N–H and O–H groups in total. The van der Waals surface area contributed by atoms with E-state index in [0.29, 0.717) is 0 Å². The zero-order valence-corrected chi connectivity index (χ0v) is 6.24. The third-order valence-electron chi connectivity index (χ3n) is 0.971. The molecule has 0 saturated carbocycles. The summed E-state index contributed by atoms with van der Waals surface area (Å²) >= 11 is 0. The highest BCUT2D eigenvalue weighted by molar-refractivity contribution is 5.72. The Morgan fingerprint density at radius 1 is 1.36 bits per heavy atom. The van der Waals surface area contributed by atoms with Gasteiger partial charge in [0.05, 0.1) is 20.0 Å². The number of rotatable bonds is 4. The minimum atomic E-state index is -0.911. The van der Waals surface area contributed by atoms with E-state index in [-0.39, 0.29) is 18.8 Å². The van der Waals surface area contributed by atoms with Crippen LogP contribution in [0.1, 0.15) is 12.8 Å². The van der Waals surface area contributed by atoms with Crippen LogP contribution in [0.4, 0.5) is 0 Å². The van der Waals surface area contributed by atoms with Gasteiger partial charge in [0.2, 0.25) is 0 Å². The summed E-state index contributed by atoms with van der Waals surface area (Å²) in [5.41, 5.74) is 0. The summed E-state index contributed by atoms with van der Waals surface area (Å²) in [6.45, 7) is 0. The van der Waals surface area contributed by atoms with Gasteiger partial charge in [0.25, 0.3) is 0 Å². The molecule has 0 fully saturated rings. The van der Waals surface area contributed by atoms with Crippen LogP contribution in [0.25, 0.3) is 0 Å². The van der Waals surface area contributed by atoms with Gasteiger partial charge in [0.1, 0.15) is 0 Å². The number of carboxylic acids is 1. The van der Waals surface area contributed by atoms with E-state index < -0.39 is 5.97 Å². The molecule has 0 aromatic carbocycles. The van der Waals surface area contributed by atoms with E-state index in [9.17, 15) is 9.59 Å². The number of methoxy groups -OCH3 is 1. The fourth-order valence-electron chi connectivity index (χ4n) is 0.447. The van der Waals surface area contributed by atoms with Gasteiger partial charge in [-0.25, -0.2) is 0 Å². The summed E-state index contributed by atoms with van der Waals surface area (Å²) in [5.74, 6) is -1.28.